The predicted molar refractivity (Wildman–Crippen MR) is 86.3 cm³/mol. The molecule has 1 rings (SSSR count). The minimum Gasteiger partial charge on any atom is -0.492 e. The first-order valence-electron chi connectivity index (χ1n) is 8.38. The summed E-state index contributed by atoms with van der Waals surface area (Å²) in [6.07, 6.45) is 15.4. The first-order chi connectivity index (χ1) is 9.83. The average Bonchev–Trinajstić information content (AvgIpc) is 2.47. The molecule has 0 aliphatic carbocycles. The Bertz CT molecular complexity index is 321. The maximum atomic E-state index is 5.67. The Morgan fingerprint density at radius 1 is 0.850 bits per heavy atom. The molecule has 0 aromatic carbocycles. The van der Waals surface area contributed by atoms with Crippen LogP contribution < -0.4 is 4.74 Å². The number of rotatable bonds is 12. The number of nitrogens with zero attached hydrogens (tertiary/aromatic N) is 1. The lowest BCUT2D eigenvalue weighted by Gasteiger charge is -2.06. The van der Waals surface area contributed by atoms with Crippen molar-refractivity contribution in [1.29, 1.82) is 0 Å². The molecular weight excluding hydrogens is 246 g/mol. The van der Waals surface area contributed by atoms with Crippen LogP contribution in [0.15, 0.2) is 18.3 Å². The monoisotopic (exact) mass is 277 g/mol. The van der Waals surface area contributed by atoms with Gasteiger partial charge in [0.15, 0.2) is 0 Å². The van der Waals surface area contributed by atoms with Gasteiger partial charge in [-0.25, -0.2) is 0 Å². The van der Waals surface area contributed by atoms with E-state index in [0.29, 0.717) is 0 Å². The summed E-state index contributed by atoms with van der Waals surface area (Å²) in [4.78, 5) is 4.22. The van der Waals surface area contributed by atoms with E-state index < -0.39 is 0 Å². The van der Waals surface area contributed by atoms with Gasteiger partial charge in [-0.05, 0) is 25.5 Å². The van der Waals surface area contributed by atoms with Crippen LogP contribution in [0.5, 0.6) is 5.75 Å². The van der Waals surface area contributed by atoms with Gasteiger partial charge >= 0.3 is 0 Å². The summed E-state index contributed by atoms with van der Waals surface area (Å²) in [7, 11) is 0. The van der Waals surface area contributed by atoms with E-state index in [4.69, 9.17) is 4.74 Å². The van der Waals surface area contributed by atoms with Crippen molar-refractivity contribution in [2.45, 2.75) is 78.1 Å². The largest absolute Gasteiger partial charge is 0.492 e. The number of aryl methyl sites for hydroxylation is 1. The summed E-state index contributed by atoms with van der Waals surface area (Å²) in [6, 6.07) is 3.99. The molecule has 0 aliphatic heterocycles. The van der Waals surface area contributed by atoms with Crippen LogP contribution in [0.1, 0.15) is 76.8 Å². The topological polar surface area (TPSA) is 22.1 Å². The number of aromatic nitrogens is 1. The summed E-state index contributed by atoms with van der Waals surface area (Å²) in [5, 5.41) is 0. The second-order valence-corrected chi connectivity index (χ2v) is 5.67. The second kappa shape index (κ2) is 11.7. The maximum Gasteiger partial charge on any atom is 0.137 e. The van der Waals surface area contributed by atoms with Crippen molar-refractivity contribution in [3.8, 4) is 5.75 Å². The molecule has 0 atom stereocenters. The van der Waals surface area contributed by atoms with Gasteiger partial charge in [0.2, 0.25) is 0 Å². The minimum absolute atomic E-state index is 0.821. The highest BCUT2D eigenvalue weighted by Crippen LogP contribution is 2.12. The van der Waals surface area contributed by atoms with Crippen LogP contribution in [0.3, 0.4) is 0 Å². The van der Waals surface area contributed by atoms with E-state index >= 15 is 0 Å². The molecule has 20 heavy (non-hydrogen) atoms. The molecule has 0 saturated carbocycles. The fourth-order valence-electron chi connectivity index (χ4n) is 2.32. The summed E-state index contributed by atoms with van der Waals surface area (Å²) in [5.74, 6) is 0.895. The molecule has 2 nitrogen and oxygen atoms in total. The van der Waals surface area contributed by atoms with Crippen molar-refractivity contribution < 1.29 is 4.74 Å². The van der Waals surface area contributed by atoms with E-state index in [0.717, 1.165) is 24.5 Å². The molecule has 0 bridgehead atoms. The van der Waals surface area contributed by atoms with Crippen molar-refractivity contribution in [3.05, 3.63) is 24.0 Å². The third kappa shape index (κ3) is 8.95. The zero-order chi connectivity index (χ0) is 14.5. The Morgan fingerprint density at radius 2 is 1.45 bits per heavy atom. The van der Waals surface area contributed by atoms with Crippen LogP contribution in [0.2, 0.25) is 0 Å². The fraction of sp³-hybridized carbons (Fsp3) is 0.722. The Morgan fingerprint density at radius 3 is 2.00 bits per heavy atom. The third-order valence-electron chi connectivity index (χ3n) is 3.65. The van der Waals surface area contributed by atoms with E-state index in [1.807, 2.05) is 25.3 Å². The molecule has 1 aromatic heterocycles. The predicted octanol–water partition coefficient (Wildman–Crippen LogP) is 5.69. The molecule has 0 amide bonds. The van der Waals surface area contributed by atoms with Gasteiger partial charge in [0.05, 0.1) is 12.8 Å². The molecule has 1 heterocycles. The number of ether oxygens (including phenoxy) is 1. The second-order valence-electron chi connectivity index (χ2n) is 5.67. The minimum atomic E-state index is 0.821. The van der Waals surface area contributed by atoms with E-state index in [2.05, 4.69) is 11.9 Å². The Balaban J connectivity index is 1.84. The first kappa shape index (κ1) is 17.0. The zero-order valence-electron chi connectivity index (χ0n) is 13.4. The number of hydrogen-bond donors (Lipinski definition) is 0. The molecule has 1 aromatic rings. The van der Waals surface area contributed by atoms with Crippen LogP contribution >= 0.6 is 0 Å². The van der Waals surface area contributed by atoms with E-state index in [1.165, 1.54) is 57.8 Å². The van der Waals surface area contributed by atoms with Crippen LogP contribution in [-0.2, 0) is 0 Å². The quantitative estimate of drug-likeness (QED) is 0.458. The van der Waals surface area contributed by atoms with Gasteiger partial charge in [-0.15, -0.1) is 0 Å². The maximum absolute atomic E-state index is 5.67. The van der Waals surface area contributed by atoms with E-state index in [1.54, 1.807) is 0 Å². The molecule has 0 aliphatic rings. The zero-order valence-corrected chi connectivity index (χ0v) is 13.4. The Hall–Kier alpha value is -1.05. The van der Waals surface area contributed by atoms with Crippen molar-refractivity contribution >= 4 is 0 Å². The third-order valence-corrected chi connectivity index (χ3v) is 3.65. The standard InChI is InChI=1S/C18H31NO/c1-3-4-5-6-7-8-9-10-11-12-15-20-18-14-13-17(2)19-16-18/h13-14,16H,3-12,15H2,1-2H3. The number of unbranched alkanes of at least 4 members (excludes halogenated alkanes) is 9. The number of pyridine rings is 1. The van der Waals surface area contributed by atoms with Crippen LogP contribution in [0.25, 0.3) is 0 Å². The fourth-order valence-corrected chi connectivity index (χ4v) is 2.32. The summed E-state index contributed by atoms with van der Waals surface area (Å²) in [5.41, 5.74) is 1.04. The van der Waals surface area contributed by atoms with Gasteiger partial charge in [-0.1, -0.05) is 64.7 Å². The molecule has 0 radical (unpaired) electrons. The molecule has 0 fully saturated rings. The van der Waals surface area contributed by atoms with Crippen molar-refractivity contribution in [2.75, 3.05) is 6.61 Å². The lowest BCUT2D eigenvalue weighted by atomic mass is 10.1. The van der Waals surface area contributed by atoms with Crippen LogP contribution in [0.4, 0.5) is 0 Å². The molecule has 0 N–H and O–H groups in total. The van der Waals surface area contributed by atoms with E-state index in [-0.39, 0.29) is 0 Å². The number of hydrogen-bond acceptors (Lipinski definition) is 2. The molecule has 114 valence electrons. The van der Waals surface area contributed by atoms with Gasteiger partial charge in [0.1, 0.15) is 5.75 Å². The highest BCUT2D eigenvalue weighted by atomic mass is 16.5. The van der Waals surface area contributed by atoms with Crippen molar-refractivity contribution in [1.82, 2.24) is 4.98 Å². The molecule has 2 heteroatoms. The summed E-state index contributed by atoms with van der Waals surface area (Å²) >= 11 is 0. The molecule has 0 spiro atoms. The summed E-state index contributed by atoms with van der Waals surface area (Å²) < 4.78 is 5.67. The Kier molecular flexibility index (Phi) is 9.99. The molecular formula is C18H31NO. The summed E-state index contributed by atoms with van der Waals surface area (Å²) in [6.45, 7) is 5.09. The first-order valence-corrected chi connectivity index (χ1v) is 8.38. The molecule has 0 unspecified atom stereocenters. The smallest absolute Gasteiger partial charge is 0.137 e. The van der Waals surface area contributed by atoms with Gasteiger partial charge in [-0.2, -0.15) is 0 Å². The van der Waals surface area contributed by atoms with Crippen molar-refractivity contribution in [3.63, 3.8) is 0 Å². The van der Waals surface area contributed by atoms with Gasteiger partial charge < -0.3 is 4.74 Å². The van der Waals surface area contributed by atoms with Gasteiger partial charge in [-0.3, -0.25) is 4.98 Å². The normalized spacial score (nSPS) is 10.7. The van der Waals surface area contributed by atoms with Crippen LogP contribution in [-0.4, -0.2) is 11.6 Å². The average molecular weight is 277 g/mol. The lowest BCUT2D eigenvalue weighted by Crippen LogP contribution is -1.97. The lowest BCUT2D eigenvalue weighted by molar-refractivity contribution is 0.303. The molecule has 0 saturated heterocycles. The van der Waals surface area contributed by atoms with Crippen LogP contribution in [0, 0.1) is 6.92 Å². The van der Waals surface area contributed by atoms with Gasteiger partial charge in [0.25, 0.3) is 0 Å². The highest BCUT2D eigenvalue weighted by molar-refractivity contribution is 5.18. The highest BCUT2D eigenvalue weighted by Gasteiger charge is 1.95. The Labute approximate surface area is 125 Å². The van der Waals surface area contributed by atoms with E-state index in [9.17, 15) is 0 Å². The SMILES string of the molecule is CCCCCCCCCCCCOc1ccc(C)nc1. The van der Waals surface area contributed by atoms with Gasteiger partial charge in [0, 0.05) is 5.69 Å². The van der Waals surface area contributed by atoms with Crippen molar-refractivity contribution in [2.24, 2.45) is 0 Å².